The van der Waals surface area contributed by atoms with E-state index in [-0.39, 0.29) is 11.9 Å². The summed E-state index contributed by atoms with van der Waals surface area (Å²) in [6.45, 7) is 10.2. The maximum atomic E-state index is 12.8. The molecule has 0 radical (unpaired) electrons. The highest BCUT2D eigenvalue weighted by molar-refractivity contribution is 5.94. The van der Waals surface area contributed by atoms with Crippen molar-refractivity contribution in [2.75, 3.05) is 54.4 Å². The van der Waals surface area contributed by atoms with Crippen molar-refractivity contribution in [3.05, 3.63) is 54.1 Å². The van der Waals surface area contributed by atoms with Gasteiger partial charge in [-0.25, -0.2) is 0 Å². The van der Waals surface area contributed by atoms with Gasteiger partial charge in [0.2, 0.25) is 5.91 Å². The zero-order valence-electron chi connectivity index (χ0n) is 18.3. The Labute approximate surface area is 180 Å². The predicted octanol–water partition coefficient (Wildman–Crippen LogP) is 4.13. The van der Waals surface area contributed by atoms with Crippen LogP contribution in [0.5, 0.6) is 0 Å². The number of nitrogens with one attached hydrogen (secondary N) is 1. The van der Waals surface area contributed by atoms with Gasteiger partial charge in [-0.15, -0.1) is 0 Å². The standard InChI is InChI=1S/C25H34N4O/c1-20-8-4-5-9-24(20)29-18-16-27(17-19-29)21(2)25(30)26-22-10-12-23(13-11-22)28-14-6-3-7-15-28/h4-5,8-13,21H,3,6-7,14-19H2,1-2H3,(H,26,30)/t21-/m0/s1. The molecule has 1 N–H and O–H groups in total. The lowest BCUT2D eigenvalue weighted by Crippen LogP contribution is -2.53. The van der Waals surface area contributed by atoms with Gasteiger partial charge in [0, 0.05) is 56.3 Å². The number of hydrogen-bond donors (Lipinski definition) is 1. The molecule has 1 amide bonds. The first-order valence-electron chi connectivity index (χ1n) is 11.3. The Morgan fingerprint density at radius 3 is 2.17 bits per heavy atom. The second-order valence-corrected chi connectivity index (χ2v) is 8.57. The number of rotatable bonds is 5. The van der Waals surface area contributed by atoms with Crippen LogP contribution < -0.4 is 15.1 Å². The Bertz CT molecular complexity index is 836. The second kappa shape index (κ2) is 9.52. The molecular weight excluding hydrogens is 372 g/mol. The van der Waals surface area contributed by atoms with Crippen molar-refractivity contribution >= 4 is 23.0 Å². The fraction of sp³-hybridized carbons (Fsp3) is 0.480. The van der Waals surface area contributed by atoms with Crippen LogP contribution in [0.25, 0.3) is 0 Å². The van der Waals surface area contributed by atoms with Crippen LogP contribution in [0.1, 0.15) is 31.7 Å². The third-order valence-corrected chi connectivity index (χ3v) is 6.55. The minimum absolute atomic E-state index is 0.0741. The van der Waals surface area contributed by atoms with E-state index in [9.17, 15) is 4.79 Å². The first kappa shape index (κ1) is 20.7. The largest absolute Gasteiger partial charge is 0.372 e. The summed E-state index contributed by atoms with van der Waals surface area (Å²) in [5.41, 5.74) is 4.76. The van der Waals surface area contributed by atoms with Gasteiger partial charge in [-0.1, -0.05) is 18.2 Å². The zero-order chi connectivity index (χ0) is 20.9. The fourth-order valence-corrected chi connectivity index (χ4v) is 4.59. The molecule has 0 saturated carbocycles. The van der Waals surface area contributed by atoms with Gasteiger partial charge in [0.25, 0.3) is 0 Å². The third kappa shape index (κ3) is 4.78. The highest BCUT2D eigenvalue weighted by Gasteiger charge is 2.26. The molecule has 0 unspecified atom stereocenters. The SMILES string of the molecule is Cc1ccccc1N1CCN([C@@H](C)C(=O)Nc2ccc(N3CCCCC3)cc2)CC1. The molecule has 2 fully saturated rings. The molecule has 1 atom stereocenters. The van der Waals surface area contributed by atoms with Gasteiger partial charge in [0.05, 0.1) is 6.04 Å². The molecule has 2 aromatic rings. The molecule has 30 heavy (non-hydrogen) atoms. The van der Waals surface area contributed by atoms with Crippen molar-refractivity contribution in [1.29, 1.82) is 0 Å². The molecule has 0 spiro atoms. The number of piperidine rings is 1. The van der Waals surface area contributed by atoms with Gasteiger partial charge >= 0.3 is 0 Å². The van der Waals surface area contributed by atoms with E-state index in [1.165, 1.54) is 36.2 Å². The van der Waals surface area contributed by atoms with Crippen LogP contribution in [0.3, 0.4) is 0 Å². The summed E-state index contributed by atoms with van der Waals surface area (Å²) in [5, 5.41) is 3.11. The molecule has 0 aromatic heterocycles. The van der Waals surface area contributed by atoms with Crippen molar-refractivity contribution in [3.8, 4) is 0 Å². The summed E-state index contributed by atoms with van der Waals surface area (Å²) in [6, 6.07) is 16.7. The third-order valence-electron chi connectivity index (χ3n) is 6.55. The van der Waals surface area contributed by atoms with Gasteiger partial charge in [0.15, 0.2) is 0 Å². The van der Waals surface area contributed by atoms with Crippen LogP contribution in [-0.4, -0.2) is 56.1 Å². The average molecular weight is 407 g/mol. The lowest BCUT2D eigenvalue weighted by Gasteiger charge is -2.39. The number of aryl methyl sites for hydroxylation is 1. The Morgan fingerprint density at radius 2 is 1.50 bits per heavy atom. The average Bonchev–Trinajstić information content (AvgIpc) is 2.80. The van der Waals surface area contributed by atoms with Crippen LogP contribution in [0.2, 0.25) is 0 Å². The van der Waals surface area contributed by atoms with Crippen LogP contribution in [0.4, 0.5) is 17.1 Å². The molecular formula is C25H34N4O. The summed E-state index contributed by atoms with van der Waals surface area (Å²) in [7, 11) is 0. The van der Waals surface area contributed by atoms with Crippen molar-refractivity contribution < 1.29 is 4.79 Å². The van der Waals surface area contributed by atoms with Crippen molar-refractivity contribution in [3.63, 3.8) is 0 Å². The maximum absolute atomic E-state index is 12.8. The minimum atomic E-state index is -0.134. The van der Waals surface area contributed by atoms with E-state index < -0.39 is 0 Å². The van der Waals surface area contributed by atoms with Crippen molar-refractivity contribution in [2.24, 2.45) is 0 Å². The number of hydrogen-bond acceptors (Lipinski definition) is 4. The maximum Gasteiger partial charge on any atom is 0.241 e. The zero-order valence-corrected chi connectivity index (χ0v) is 18.3. The minimum Gasteiger partial charge on any atom is -0.372 e. The van der Waals surface area contributed by atoms with Gasteiger partial charge in [-0.05, 0) is 69.0 Å². The summed E-state index contributed by atoms with van der Waals surface area (Å²) in [6.07, 6.45) is 3.88. The van der Waals surface area contributed by atoms with E-state index in [1.807, 2.05) is 19.1 Å². The molecule has 2 aliphatic rings. The summed E-state index contributed by atoms with van der Waals surface area (Å²) in [4.78, 5) is 20.0. The number of carbonyl (C=O) groups excluding carboxylic acids is 1. The number of nitrogens with zero attached hydrogens (tertiary/aromatic N) is 3. The lowest BCUT2D eigenvalue weighted by atomic mass is 10.1. The van der Waals surface area contributed by atoms with E-state index in [2.05, 4.69) is 63.3 Å². The van der Waals surface area contributed by atoms with Crippen LogP contribution in [0.15, 0.2) is 48.5 Å². The lowest BCUT2D eigenvalue weighted by molar-refractivity contribution is -0.120. The molecule has 4 rings (SSSR count). The van der Waals surface area contributed by atoms with E-state index in [4.69, 9.17) is 0 Å². The highest BCUT2D eigenvalue weighted by Crippen LogP contribution is 2.23. The smallest absolute Gasteiger partial charge is 0.241 e. The molecule has 5 nitrogen and oxygen atoms in total. The second-order valence-electron chi connectivity index (χ2n) is 8.57. The number of piperazine rings is 1. The van der Waals surface area contributed by atoms with Gasteiger partial charge in [0.1, 0.15) is 0 Å². The van der Waals surface area contributed by atoms with E-state index in [0.29, 0.717) is 0 Å². The monoisotopic (exact) mass is 406 g/mol. The van der Waals surface area contributed by atoms with Crippen molar-refractivity contribution in [1.82, 2.24) is 4.90 Å². The molecule has 0 bridgehead atoms. The molecule has 160 valence electrons. The first-order valence-corrected chi connectivity index (χ1v) is 11.3. The normalized spacial score (nSPS) is 18.9. The topological polar surface area (TPSA) is 38.8 Å². The molecule has 2 aliphatic heterocycles. The molecule has 2 heterocycles. The first-order chi connectivity index (χ1) is 14.6. The number of para-hydroxylation sites is 1. The van der Waals surface area contributed by atoms with E-state index in [0.717, 1.165) is 45.0 Å². The van der Waals surface area contributed by atoms with E-state index >= 15 is 0 Å². The summed E-state index contributed by atoms with van der Waals surface area (Å²) >= 11 is 0. The summed E-state index contributed by atoms with van der Waals surface area (Å²) < 4.78 is 0. The van der Waals surface area contributed by atoms with Crippen molar-refractivity contribution in [2.45, 2.75) is 39.2 Å². The number of carbonyl (C=O) groups is 1. The predicted molar refractivity (Wildman–Crippen MR) is 126 cm³/mol. The number of benzene rings is 2. The number of amides is 1. The van der Waals surface area contributed by atoms with Crippen LogP contribution in [-0.2, 0) is 4.79 Å². The Kier molecular flexibility index (Phi) is 6.58. The number of anilines is 3. The molecule has 5 heteroatoms. The summed E-state index contributed by atoms with van der Waals surface area (Å²) in [5.74, 6) is 0.0741. The van der Waals surface area contributed by atoms with Gasteiger partial charge in [-0.2, -0.15) is 0 Å². The highest BCUT2D eigenvalue weighted by atomic mass is 16.2. The molecule has 0 aliphatic carbocycles. The van der Waals surface area contributed by atoms with Gasteiger partial charge in [-0.3, -0.25) is 9.69 Å². The van der Waals surface area contributed by atoms with Crippen LogP contribution >= 0.6 is 0 Å². The van der Waals surface area contributed by atoms with Crippen LogP contribution in [0, 0.1) is 6.92 Å². The quantitative estimate of drug-likeness (QED) is 0.810. The Hall–Kier alpha value is -2.53. The van der Waals surface area contributed by atoms with E-state index in [1.54, 1.807) is 0 Å². The van der Waals surface area contributed by atoms with Gasteiger partial charge < -0.3 is 15.1 Å². The molecule has 2 saturated heterocycles. The fourth-order valence-electron chi connectivity index (χ4n) is 4.59. The molecule has 2 aromatic carbocycles. The Morgan fingerprint density at radius 1 is 0.833 bits per heavy atom. The Balaban J connectivity index is 1.29.